The smallest absolute Gasteiger partial charge is 0.426 e. The highest BCUT2D eigenvalue weighted by Gasteiger charge is 2.55. The molecule has 4 rings (SSSR count). The molecular weight excluding hydrogens is 445 g/mol. The zero-order valence-electron chi connectivity index (χ0n) is 19.7. The first-order valence-corrected chi connectivity index (χ1v) is 11.9. The van der Waals surface area contributed by atoms with Crippen LogP contribution in [0.15, 0.2) is 72.8 Å². The maximum Gasteiger partial charge on any atom is 0.475 e. The van der Waals surface area contributed by atoms with Crippen molar-refractivity contribution in [3.63, 3.8) is 0 Å². The van der Waals surface area contributed by atoms with Gasteiger partial charge in [0.1, 0.15) is 12.1 Å². The molecule has 8 nitrogen and oxygen atoms in total. The van der Waals surface area contributed by atoms with Gasteiger partial charge in [-0.3, -0.25) is 20.2 Å². The number of nitrogens with zero attached hydrogens (tertiary/aromatic N) is 1. The van der Waals surface area contributed by atoms with Gasteiger partial charge in [0.05, 0.1) is 11.9 Å². The number of carbonyl (C=O) groups is 1. The molecule has 0 bridgehead atoms. The number of amides is 1. The zero-order chi connectivity index (χ0) is 25.1. The number of rotatable bonds is 8. The first-order valence-electron chi connectivity index (χ1n) is 11.9. The van der Waals surface area contributed by atoms with Crippen LogP contribution < -0.4 is 10.6 Å². The Kier molecular flexibility index (Phi) is 7.49. The van der Waals surface area contributed by atoms with E-state index < -0.39 is 43.0 Å². The summed E-state index contributed by atoms with van der Waals surface area (Å²) >= 11 is 0. The fourth-order valence-electron chi connectivity index (χ4n) is 5.19. The number of fused-ring (bicyclic) bond motifs is 1. The number of benzene rings is 3. The standard InChI is InChI=1S/C26H30BN3O5/c1-16(2)15-21(27(32)33)28-26(31)24-22(18-10-4-3-5-11-18)25(30(34)35)23(29-24)20-14-8-12-17-9-6-7-13-19(17)20/h3-14,16,21-25,29,32-33H,15H2,1-2H3,(H,28,31)/t21-,22+,23+,24+,25-/m0/s1. The Balaban J connectivity index is 1.77. The number of hydrogen-bond acceptors (Lipinski definition) is 6. The average Bonchev–Trinajstić information content (AvgIpc) is 3.24. The van der Waals surface area contributed by atoms with Gasteiger partial charge in [0.15, 0.2) is 0 Å². The third-order valence-corrected chi connectivity index (χ3v) is 6.71. The molecular formula is C26H30BN3O5. The van der Waals surface area contributed by atoms with Gasteiger partial charge in [0, 0.05) is 4.92 Å². The molecule has 9 heteroatoms. The summed E-state index contributed by atoms with van der Waals surface area (Å²) in [6.45, 7) is 3.84. The summed E-state index contributed by atoms with van der Waals surface area (Å²) in [4.78, 5) is 25.7. The zero-order valence-corrected chi connectivity index (χ0v) is 19.7. The van der Waals surface area contributed by atoms with Gasteiger partial charge in [-0.2, -0.15) is 0 Å². The first kappa shape index (κ1) is 24.8. The first-order chi connectivity index (χ1) is 16.8. The lowest BCUT2D eigenvalue weighted by atomic mass is 9.74. The second-order valence-corrected chi connectivity index (χ2v) is 9.56. The van der Waals surface area contributed by atoms with E-state index in [0.29, 0.717) is 12.0 Å². The third-order valence-electron chi connectivity index (χ3n) is 6.71. The summed E-state index contributed by atoms with van der Waals surface area (Å²) in [5, 5.41) is 40.0. The minimum atomic E-state index is -1.74. The average molecular weight is 475 g/mol. The third kappa shape index (κ3) is 5.22. The van der Waals surface area contributed by atoms with Gasteiger partial charge in [-0.25, -0.2) is 0 Å². The molecule has 0 spiro atoms. The lowest BCUT2D eigenvalue weighted by molar-refractivity contribution is -0.527. The quantitative estimate of drug-likeness (QED) is 0.226. The SMILES string of the molecule is CC(C)C[C@H](NC(=O)[C@@H]1N[C@H](c2cccc3ccccc23)[C@@H]([N+](=O)[O-])[C@@H]1c1ccccc1)B(O)O. The molecule has 0 unspecified atom stereocenters. The van der Waals surface area contributed by atoms with Crippen molar-refractivity contribution in [1.29, 1.82) is 0 Å². The summed E-state index contributed by atoms with van der Waals surface area (Å²) in [6.07, 6.45) is 0.359. The van der Waals surface area contributed by atoms with Gasteiger partial charge in [-0.15, -0.1) is 0 Å². The molecule has 3 aromatic rings. The molecule has 1 aliphatic heterocycles. The maximum absolute atomic E-state index is 13.5. The number of hydrogen-bond donors (Lipinski definition) is 4. The Morgan fingerprint density at radius 2 is 1.71 bits per heavy atom. The second-order valence-electron chi connectivity index (χ2n) is 9.56. The van der Waals surface area contributed by atoms with Crippen LogP contribution in [0.3, 0.4) is 0 Å². The summed E-state index contributed by atoms with van der Waals surface area (Å²) in [7, 11) is -1.74. The lowest BCUT2D eigenvalue weighted by Gasteiger charge is -2.24. The minimum absolute atomic E-state index is 0.110. The van der Waals surface area contributed by atoms with Crippen molar-refractivity contribution in [2.45, 2.75) is 50.3 Å². The van der Waals surface area contributed by atoms with Gasteiger partial charge in [-0.1, -0.05) is 86.6 Å². The van der Waals surface area contributed by atoms with Gasteiger partial charge in [0.2, 0.25) is 11.9 Å². The maximum atomic E-state index is 13.5. The second kappa shape index (κ2) is 10.6. The van der Waals surface area contributed by atoms with Crippen LogP contribution in [0.1, 0.15) is 43.4 Å². The molecule has 35 heavy (non-hydrogen) atoms. The van der Waals surface area contributed by atoms with Crippen molar-refractivity contribution in [3.8, 4) is 0 Å². The van der Waals surface area contributed by atoms with Crippen molar-refractivity contribution < 1.29 is 19.8 Å². The molecule has 5 atom stereocenters. The Bertz CT molecular complexity index is 1180. The number of nitro groups is 1. The summed E-state index contributed by atoms with van der Waals surface area (Å²) in [5.74, 6) is -2.03. The molecule has 4 N–H and O–H groups in total. The van der Waals surface area contributed by atoms with Crippen LogP contribution >= 0.6 is 0 Å². The molecule has 1 heterocycles. The van der Waals surface area contributed by atoms with Crippen molar-refractivity contribution in [3.05, 3.63) is 94.0 Å². The Morgan fingerprint density at radius 3 is 2.37 bits per heavy atom. The summed E-state index contributed by atoms with van der Waals surface area (Å²) in [5.41, 5.74) is 1.43. The van der Waals surface area contributed by atoms with Crippen LogP contribution in [0, 0.1) is 16.0 Å². The Labute approximate surface area is 204 Å². The molecule has 0 saturated carbocycles. The fourth-order valence-corrected chi connectivity index (χ4v) is 5.19. The van der Waals surface area contributed by atoms with Crippen LogP contribution in [0.5, 0.6) is 0 Å². The van der Waals surface area contributed by atoms with E-state index in [1.165, 1.54) is 0 Å². The van der Waals surface area contributed by atoms with Crippen LogP contribution in [0.2, 0.25) is 0 Å². The Hall–Kier alpha value is -3.27. The lowest BCUT2D eigenvalue weighted by Crippen LogP contribution is -2.53. The van der Waals surface area contributed by atoms with Gasteiger partial charge < -0.3 is 15.4 Å². The predicted molar refractivity (Wildman–Crippen MR) is 135 cm³/mol. The Morgan fingerprint density at radius 1 is 1.06 bits per heavy atom. The van der Waals surface area contributed by atoms with E-state index in [2.05, 4.69) is 10.6 Å². The van der Waals surface area contributed by atoms with Crippen molar-refractivity contribution in [1.82, 2.24) is 10.6 Å². The van der Waals surface area contributed by atoms with E-state index in [1.54, 1.807) is 24.3 Å². The van der Waals surface area contributed by atoms with E-state index in [0.717, 1.165) is 16.3 Å². The van der Waals surface area contributed by atoms with Gasteiger partial charge in [0.25, 0.3) is 0 Å². The molecule has 3 aromatic carbocycles. The van der Waals surface area contributed by atoms with E-state index in [1.807, 2.05) is 62.4 Å². The van der Waals surface area contributed by atoms with E-state index in [-0.39, 0.29) is 10.8 Å². The van der Waals surface area contributed by atoms with Crippen molar-refractivity contribution in [2.75, 3.05) is 0 Å². The highest BCUT2D eigenvalue weighted by Crippen LogP contribution is 2.42. The molecule has 1 amide bonds. The number of carbonyl (C=O) groups excluding carboxylic acids is 1. The topological polar surface area (TPSA) is 125 Å². The minimum Gasteiger partial charge on any atom is -0.426 e. The highest BCUT2D eigenvalue weighted by atomic mass is 16.6. The van der Waals surface area contributed by atoms with Crippen molar-refractivity contribution >= 4 is 23.8 Å². The van der Waals surface area contributed by atoms with Crippen LogP contribution in [-0.4, -0.2) is 46.0 Å². The summed E-state index contributed by atoms with van der Waals surface area (Å²) in [6, 6.07) is 19.6. The van der Waals surface area contributed by atoms with Crippen LogP contribution in [0.4, 0.5) is 0 Å². The normalized spacial score (nSPS) is 22.8. The van der Waals surface area contributed by atoms with Gasteiger partial charge >= 0.3 is 7.12 Å². The van der Waals surface area contributed by atoms with Crippen LogP contribution in [-0.2, 0) is 4.79 Å². The van der Waals surface area contributed by atoms with Crippen LogP contribution in [0.25, 0.3) is 10.8 Å². The summed E-state index contributed by atoms with van der Waals surface area (Å²) < 4.78 is 0. The highest BCUT2D eigenvalue weighted by molar-refractivity contribution is 6.43. The molecule has 182 valence electrons. The van der Waals surface area contributed by atoms with E-state index >= 15 is 0 Å². The largest absolute Gasteiger partial charge is 0.475 e. The molecule has 0 aromatic heterocycles. The van der Waals surface area contributed by atoms with Gasteiger partial charge in [-0.05, 0) is 34.2 Å². The molecule has 1 saturated heterocycles. The molecule has 1 fully saturated rings. The predicted octanol–water partition coefficient (Wildman–Crippen LogP) is 2.82. The molecule has 0 aliphatic carbocycles. The molecule has 1 aliphatic rings. The number of nitrogens with one attached hydrogen (secondary N) is 2. The van der Waals surface area contributed by atoms with E-state index in [4.69, 9.17) is 0 Å². The monoisotopic (exact) mass is 475 g/mol. The molecule has 0 radical (unpaired) electrons. The van der Waals surface area contributed by atoms with E-state index in [9.17, 15) is 25.0 Å². The van der Waals surface area contributed by atoms with Crippen molar-refractivity contribution in [2.24, 2.45) is 5.92 Å². The fraction of sp³-hybridized carbons (Fsp3) is 0.346.